The standard InChI is InChI=1S/C18H17N3/c19-17(14-9-7-13-5-3-11-20-18(13)14)16-10-8-12-4-1-2-6-15(12)21-16/h1-6,8,10-11,14,17H,7,9,19H2. The normalized spacial score (nSPS) is 18.6. The predicted molar refractivity (Wildman–Crippen MR) is 84.0 cm³/mol. The molecule has 21 heavy (non-hydrogen) atoms. The van der Waals surface area contributed by atoms with Crippen molar-refractivity contribution in [2.75, 3.05) is 0 Å². The number of aromatic nitrogens is 2. The van der Waals surface area contributed by atoms with Crippen LogP contribution in [0.25, 0.3) is 10.9 Å². The van der Waals surface area contributed by atoms with Crippen LogP contribution in [0.15, 0.2) is 54.7 Å². The van der Waals surface area contributed by atoms with E-state index in [2.05, 4.69) is 23.2 Å². The molecule has 2 N–H and O–H groups in total. The third-order valence-electron chi connectivity index (χ3n) is 4.40. The van der Waals surface area contributed by atoms with E-state index in [1.807, 2.05) is 36.5 Å². The average Bonchev–Trinajstić information content (AvgIpc) is 2.98. The summed E-state index contributed by atoms with van der Waals surface area (Å²) in [6, 6.07) is 16.4. The Labute approximate surface area is 123 Å². The molecule has 0 fully saturated rings. The van der Waals surface area contributed by atoms with Gasteiger partial charge in [-0.2, -0.15) is 0 Å². The Morgan fingerprint density at radius 3 is 2.90 bits per heavy atom. The molecule has 3 aromatic rings. The fraction of sp³-hybridized carbons (Fsp3) is 0.222. The molecule has 104 valence electrons. The largest absolute Gasteiger partial charge is 0.322 e. The summed E-state index contributed by atoms with van der Waals surface area (Å²) in [7, 11) is 0. The quantitative estimate of drug-likeness (QED) is 0.780. The fourth-order valence-electron chi connectivity index (χ4n) is 3.27. The highest BCUT2D eigenvalue weighted by Gasteiger charge is 2.30. The number of fused-ring (bicyclic) bond motifs is 2. The Kier molecular flexibility index (Phi) is 2.93. The highest BCUT2D eigenvalue weighted by atomic mass is 14.8. The third-order valence-corrected chi connectivity index (χ3v) is 4.40. The lowest BCUT2D eigenvalue weighted by atomic mass is 9.94. The lowest BCUT2D eigenvalue weighted by Crippen LogP contribution is -2.20. The Hall–Kier alpha value is -2.26. The van der Waals surface area contributed by atoms with Gasteiger partial charge in [0.1, 0.15) is 0 Å². The molecular formula is C18H17N3. The second-order valence-electron chi connectivity index (χ2n) is 5.65. The summed E-state index contributed by atoms with van der Waals surface area (Å²) < 4.78 is 0. The van der Waals surface area contributed by atoms with E-state index in [0.29, 0.717) is 0 Å². The zero-order chi connectivity index (χ0) is 14.2. The van der Waals surface area contributed by atoms with Crippen LogP contribution in [0.1, 0.15) is 35.3 Å². The van der Waals surface area contributed by atoms with Crippen molar-refractivity contribution in [2.24, 2.45) is 5.73 Å². The Balaban J connectivity index is 1.72. The van der Waals surface area contributed by atoms with Gasteiger partial charge < -0.3 is 5.73 Å². The summed E-state index contributed by atoms with van der Waals surface area (Å²) >= 11 is 0. The molecule has 4 rings (SSSR count). The van der Waals surface area contributed by atoms with E-state index in [1.165, 1.54) is 5.56 Å². The molecule has 0 bridgehead atoms. The Morgan fingerprint density at radius 1 is 1.05 bits per heavy atom. The van der Waals surface area contributed by atoms with E-state index in [0.717, 1.165) is 35.1 Å². The molecule has 2 aromatic heterocycles. The van der Waals surface area contributed by atoms with Crippen molar-refractivity contribution < 1.29 is 0 Å². The van der Waals surface area contributed by atoms with Crippen LogP contribution >= 0.6 is 0 Å². The summed E-state index contributed by atoms with van der Waals surface area (Å²) in [5.74, 6) is 0.273. The number of nitrogens with two attached hydrogens (primary N) is 1. The van der Waals surface area contributed by atoms with Gasteiger partial charge in [-0.1, -0.05) is 30.3 Å². The van der Waals surface area contributed by atoms with Crippen LogP contribution in [-0.2, 0) is 6.42 Å². The molecular weight excluding hydrogens is 258 g/mol. The smallest absolute Gasteiger partial charge is 0.0706 e. The van der Waals surface area contributed by atoms with Crippen LogP contribution < -0.4 is 5.73 Å². The fourth-order valence-corrected chi connectivity index (χ4v) is 3.27. The van der Waals surface area contributed by atoms with Crippen LogP contribution in [0.4, 0.5) is 0 Å². The number of hydrogen-bond donors (Lipinski definition) is 1. The first-order valence-electron chi connectivity index (χ1n) is 7.38. The maximum atomic E-state index is 6.50. The van der Waals surface area contributed by atoms with Gasteiger partial charge in [0.15, 0.2) is 0 Å². The molecule has 2 atom stereocenters. The number of rotatable bonds is 2. The Bertz CT molecular complexity index is 797. The number of hydrogen-bond acceptors (Lipinski definition) is 3. The topological polar surface area (TPSA) is 51.8 Å². The lowest BCUT2D eigenvalue weighted by molar-refractivity contribution is 0.531. The summed E-state index contributed by atoms with van der Waals surface area (Å²) in [5.41, 5.74) is 10.9. The summed E-state index contributed by atoms with van der Waals surface area (Å²) in [4.78, 5) is 9.28. The van der Waals surface area contributed by atoms with Crippen LogP contribution in [0.2, 0.25) is 0 Å². The van der Waals surface area contributed by atoms with Gasteiger partial charge in [-0.05, 0) is 36.6 Å². The first-order chi connectivity index (χ1) is 10.3. The molecule has 0 aliphatic heterocycles. The molecule has 1 aliphatic rings. The van der Waals surface area contributed by atoms with E-state index >= 15 is 0 Å². The number of aryl methyl sites for hydroxylation is 1. The summed E-state index contributed by atoms with van der Waals surface area (Å²) in [6.07, 6.45) is 3.98. The number of nitrogens with zero attached hydrogens (tertiary/aromatic N) is 2. The molecule has 1 aliphatic carbocycles. The minimum Gasteiger partial charge on any atom is -0.322 e. The van der Waals surface area contributed by atoms with Crippen LogP contribution in [0.3, 0.4) is 0 Å². The molecule has 2 heterocycles. The first-order valence-corrected chi connectivity index (χ1v) is 7.38. The van der Waals surface area contributed by atoms with Crippen molar-refractivity contribution in [3.8, 4) is 0 Å². The van der Waals surface area contributed by atoms with Crippen molar-refractivity contribution in [1.82, 2.24) is 9.97 Å². The van der Waals surface area contributed by atoms with Crippen molar-refractivity contribution >= 4 is 10.9 Å². The SMILES string of the molecule is NC(c1ccc2ccccc2n1)C1CCc2cccnc21. The Morgan fingerprint density at radius 2 is 1.95 bits per heavy atom. The van der Waals surface area contributed by atoms with E-state index in [-0.39, 0.29) is 12.0 Å². The van der Waals surface area contributed by atoms with Crippen molar-refractivity contribution in [3.63, 3.8) is 0 Å². The van der Waals surface area contributed by atoms with Gasteiger partial charge in [0.2, 0.25) is 0 Å². The number of pyridine rings is 2. The minimum atomic E-state index is -0.0919. The predicted octanol–water partition coefficient (Wildman–Crippen LogP) is 3.36. The van der Waals surface area contributed by atoms with Gasteiger partial charge in [0.05, 0.1) is 17.3 Å². The lowest BCUT2D eigenvalue weighted by Gasteiger charge is -2.19. The zero-order valence-electron chi connectivity index (χ0n) is 11.7. The number of para-hydroxylation sites is 1. The third kappa shape index (κ3) is 2.10. The molecule has 1 aromatic carbocycles. The molecule has 3 nitrogen and oxygen atoms in total. The molecule has 0 radical (unpaired) electrons. The molecule has 2 unspecified atom stereocenters. The van der Waals surface area contributed by atoms with E-state index < -0.39 is 0 Å². The van der Waals surface area contributed by atoms with E-state index in [4.69, 9.17) is 10.7 Å². The van der Waals surface area contributed by atoms with Gasteiger partial charge in [-0.25, -0.2) is 0 Å². The minimum absolute atomic E-state index is 0.0919. The average molecular weight is 275 g/mol. The molecule has 0 spiro atoms. The highest BCUT2D eigenvalue weighted by molar-refractivity contribution is 5.78. The molecule has 3 heteroatoms. The van der Waals surface area contributed by atoms with Gasteiger partial charge >= 0.3 is 0 Å². The van der Waals surface area contributed by atoms with Crippen LogP contribution in [0.5, 0.6) is 0 Å². The highest BCUT2D eigenvalue weighted by Crippen LogP contribution is 2.38. The van der Waals surface area contributed by atoms with E-state index in [9.17, 15) is 0 Å². The maximum absolute atomic E-state index is 6.50. The molecule has 0 saturated carbocycles. The summed E-state index contributed by atoms with van der Waals surface area (Å²) in [6.45, 7) is 0. The maximum Gasteiger partial charge on any atom is 0.0706 e. The van der Waals surface area contributed by atoms with E-state index in [1.54, 1.807) is 0 Å². The van der Waals surface area contributed by atoms with Crippen molar-refractivity contribution in [3.05, 3.63) is 71.7 Å². The van der Waals surface area contributed by atoms with Crippen molar-refractivity contribution in [1.29, 1.82) is 0 Å². The monoisotopic (exact) mass is 275 g/mol. The van der Waals surface area contributed by atoms with Crippen LogP contribution in [0, 0.1) is 0 Å². The second-order valence-corrected chi connectivity index (χ2v) is 5.65. The van der Waals surface area contributed by atoms with Crippen molar-refractivity contribution in [2.45, 2.75) is 24.8 Å². The molecule has 0 amide bonds. The van der Waals surface area contributed by atoms with Gasteiger partial charge in [0, 0.05) is 23.2 Å². The van der Waals surface area contributed by atoms with Gasteiger partial charge in [-0.3, -0.25) is 9.97 Å². The second kappa shape index (κ2) is 4.93. The van der Waals surface area contributed by atoms with Crippen LogP contribution in [-0.4, -0.2) is 9.97 Å². The number of benzene rings is 1. The van der Waals surface area contributed by atoms with Gasteiger partial charge in [0.25, 0.3) is 0 Å². The molecule has 0 saturated heterocycles. The summed E-state index contributed by atoms with van der Waals surface area (Å²) in [5, 5.41) is 1.15. The van der Waals surface area contributed by atoms with Gasteiger partial charge in [-0.15, -0.1) is 0 Å². The zero-order valence-corrected chi connectivity index (χ0v) is 11.7. The first kappa shape index (κ1) is 12.5.